The average Bonchev–Trinajstić information content (AvgIpc) is 3.79. The molecule has 1 aromatic heterocycles. The lowest BCUT2D eigenvalue weighted by Crippen LogP contribution is -2.58. The summed E-state index contributed by atoms with van der Waals surface area (Å²) in [6.45, 7) is 3.75. The summed E-state index contributed by atoms with van der Waals surface area (Å²) >= 11 is 0. The molecule has 0 bridgehead atoms. The Hall–Kier alpha value is -5.91. The number of hydrogen-bond acceptors (Lipinski definition) is 7. The molecule has 3 N–H and O–H groups in total. The van der Waals surface area contributed by atoms with Gasteiger partial charge in [-0.15, -0.1) is 6.58 Å². The van der Waals surface area contributed by atoms with Crippen LogP contribution in [0.4, 0.5) is 4.79 Å². The van der Waals surface area contributed by atoms with Gasteiger partial charge < -0.3 is 35.0 Å². The summed E-state index contributed by atoms with van der Waals surface area (Å²) in [5.74, 6) is -1.29. The first kappa shape index (κ1) is 38.4. The fourth-order valence-corrected chi connectivity index (χ4v) is 8.19. The molecule has 7 rings (SSSR count). The predicted octanol–water partition coefficient (Wildman–Crippen LogP) is 5.99. The van der Waals surface area contributed by atoms with Crippen molar-refractivity contribution in [3.63, 3.8) is 0 Å². The number of benzene rings is 3. The van der Waals surface area contributed by atoms with Crippen molar-refractivity contribution in [3.8, 4) is 22.8 Å². The average molecular weight is 760 g/mol. The second kappa shape index (κ2) is 16.4. The first-order valence-corrected chi connectivity index (χ1v) is 19.4. The quantitative estimate of drug-likeness (QED) is 0.141. The molecule has 56 heavy (non-hydrogen) atoms. The monoisotopic (exact) mass is 759 g/mol. The number of nitrogens with one attached hydrogen (secondary N) is 2. The highest BCUT2D eigenvalue weighted by Gasteiger charge is 2.61. The van der Waals surface area contributed by atoms with Gasteiger partial charge in [0, 0.05) is 54.9 Å². The van der Waals surface area contributed by atoms with Crippen molar-refractivity contribution >= 4 is 34.7 Å². The summed E-state index contributed by atoms with van der Waals surface area (Å²) in [7, 11) is 3.39. The van der Waals surface area contributed by atoms with Crippen molar-refractivity contribution < 1.29 is 33.8 Å². The zero-order valence-electron chi connectivity index (χ0n) is 31.9. The zero-order valence-corrected chi connectivity index (χ0v) is 31.9. The number of rotatable bonds is 13. The Kier molecular flexibility index (Phi) is 11.3. The number of likely N-dealkylation sites (N-methyl/N-ethyl adjacent to an activating group) is 1. The number of carbonyl (C=O) groups excluding carboxylic acids is 3. The second-order valence-electron chi connectivity index (χ2n) is 15.1. The van der Waals surface area contributed by atoms with E-state index in [1.165, 1.54) is 11.0 Å². The van der Waals surface area contributed by atoms with Gasteiger partial charge in [0.05, 0.1) is 24.9 Å². The van der Waals surface area contributed by atoms with E-state index in [9.17, 15) is 24.3 Å². The van der Waals surface area contributed by atoms with Gasteiger partial charge in [0.2, 0.25) is 11.8 Å². The van der Waals surface area contributed by atoms with Crippen molar-refractivity contribution in [2.24, 2.45) is 5.92 Å². The number of likely N-dealkylation sites (tertiary alicyclic amines) is 1. The van der Waals surface area contributed by atoms with Gasteiger partial charge >= 0.3 is 12.0 Å². The molecule has 3 aromatic carbocycles. The number of carboxylic acid groups (broad SMARTS) is 1. The highest BCUT2D eigenvalue weighted by molar-refractivity contribution is 5.95. The van der Waals surface area contributed by atoms with Gasteiger partial charge in [0.15, 0.2) is 0 Å². The van der Waals surface area contributed by atoms with Crippen LogP contribution in [-0.2, 0) is 20.8 Å². The molecule has 1 saturated heterocycles. The predicted molar refractivity (Wildman–Crippen MR) is 212 cm³/mol. The van der Waals surface area contributed by atoms with Crippen LogP contribution in [0, 0.1) is 5.92 Å². The van der Waals surface area contributed by atoms with Crippen LogP contribution in [0.3, 0.4) is 0 Å². The normalized spacial score (nSPS) is 22.5. The Balaban J connectivity index is 1.19. The van der Waals surface area contributed by atoms with Crippen LogP contribution in [0.5, 0.6) is 11.5 Å². The van der Waals surface area contributed by atoms with Crippen LogP contribution >= 0.6 is 0 Å². The maximum absolute atomic E-state index is 14.5. The van der Waals surface area contributed by atoms with Crippen molar-refractivity contribution in [1.29, 1.82) is 0 Å². The number of carboxylic acids is 1. The zero-order chi connectivity index (χ0) is 39.4. The second-order valence-corrected chi connectivity index (χ2v) is 15.1. The van der Waals surface area contributed by atoms with E-state index < -0.39 is 47.6 Å². The molecular formula is C44H49N5O7. The molecule has 292 valence electrons. The van der Waals surface area contributed by atoms with Gasteiger partial charge in [0.25, 0.3) is 0 Å². The Morgan fingerprint density at radius 3 is 2.39 bits per heavy atom. The Bertz CT molecular complexity index is 2090. The molecule has 4 aromatic rings. The van der Waals surface area contributed by atoms with Gasteiger partial charge in [-0.2, -0.15) is 0 Å². The summed E-state index contributed by atoms with van der Waals surface area (Å²) in [5.41, 5.74) is 1.56. The number of carbonyl (C=O) groups is 4. The van der Waals surface area contributed by atoms with E-state index in [-0.39, 0.29) is 37.8 Å². The number of amides is 4. The van der Waals surface area contributed by atoms with E-state index >= 15 is 0 Å². The minimum absolute atomic E-state index is 0.000229. The molecule has 0 radical (unpaired) electrons. The molecule has 5 atom stereocenters. The van der Waals surface area contributed by atoms with E-state index in [0.717, 1.165) is 43.2 Å². The summed E-state index contributed by atoms with van der Waals surface area (Å²) in [6, 6.07) is 24.0. The number of aromatic nitrogens is 1. The SMILES string of the molecule is C=C[C@@H]1C[C@]1(NC(=O)[C@@H]1C[C@@H](Oc2cc(-c3ccccc3)nc3cc(OC)ccc23)CN1C(=O)N[C@@H](Cc1ccccc1)C(=O)N(C)C1CCCCC1)C(=O)O. The molecule has 4 amide bonds. The fourth-order valence-electron chi connectivity index (χ4n) is 8.19. The van der Waals surface area contributed by atoms with E-state index in [2.05, 4.69) is 17.2 Å². The van der Waals surface area contributed by atoms with Gasteiger partial charge in [-0.25, -0.2) is 14.6 Å². The number of pyridine rings is 1. The maximum atomic E-state index is 14.5. The van der Waals surface area contributed by atoms with E-state index in [4.69, 9.17) is 14.5 Å². The van der Waals surface area contributed by atoms with Crippen molar-refractivity contribution in [3.05, 3.63) is 103 Å². The van der Waals surface area contributed by atoms with Gasteiger partial charge in [-0.05, 0) is 37.0 Å². The molecule has 0 spiro atoms. The molecule has 3 aliphatic rings. The third-order valence-corrected chi connectivity index (χ3v) is 11.5. The van der Waals surface area contributed by atoms with Crippen LogP contribution in [0.25, 0.3) is 22.2 Å². The lowest BCUT2D eigenvalue weighted by molar-refractivity contribution is -0.144. The summed E-state index contributed by atoms with van der Waals surface area (Å²) in [5, 5.41) is 16.6. The summed E-state index contributed by atoms with van der Waals surface area (Å²) in [4.78, 5) is 63.2. The van der Waals surface area contributed by atoms with Crippen molar-refractivity contribution in [2.75, 3.05) is 20.7 Å². The number of methoxy groups -OCH3 is 1. The Labute approximate surface area is 326 Å². The molecule has 0 unspecified atom stereocenters. The third-order valence-electron chi connectivity index (χ3n) is 11.5. The first-order chi connectivity index (χ1) is 27.1. The topological polar surface area (TPSA) is 150 Å². The van der Waals surface area contributed by atoms with E-state index in [1.807, 2.05) is 84.9 Å². The lowest BCUT2D eigenvalue weighted by atomic mass is 9.93. The largest absolute Gasteiger partial charge is 0.497 e. The lowest BCUT2D eigenvalue weighted by Gasteiger charge is -2.35. The molecule has 1 aliphatic heterocycles. The van der Waals surface area contributed by atoms with Crippen molar-refractivity contribution in [2.45, 2.75) is 81.1 Å². The fraction of sp³-hybridized carbons (Fsp3) is 0.386. The molecule has 12 heteroatoms. The highest BCUT2D eigenvalue weighted by Crippen LogP contribution is 2.45. The van der Waals surface area contributed by atoms with Gasteiger partial charge in [-0.1, -0.05) is 86.0 Å². The number of nitrogens with zero attached hydrogens (tertiary/aromatic N) is 3. The first-order valence-electron chi connectivity index (χ1n) is 19.4. The molecule has 2 heterocycles. The Morgan fingerprint density at radius 2 is 1.73 bits per heavy atom. The standard InChI is InChI=1S/C44H49N5O7/c1-4-30-26-44(30,42(52)53)47-40(50)38-24-33(56-39-25-35(29-16-10-6-11-17-29)45-36-23-32(55-3)20-21-34(36)39)27-49(38)43(54)46-37(22-28-14-8-5-9-15-28)41(51)48(2)31-18-12-7-13-19-31/h4-6,8-11,14-17,20-21,23,25,30-31,33,37-38H,1,7,12-13,18-19,22,24,26-27H2,2-3H3,(H,46,54)(H,47,50)(H,52,53)/t30-,33-,37+,38+,44-/m1/s1. The number of urea groups is 1. The van der Waals surface area contributed by atoms with Gasteiger partial charge in [0.1, 0.15) is 35.2 Å². The summed E-state index contributed by atoms with van der Waals surface area (Å²) in [6.07, 6.45) is 6.42. The minimum Gasteiger partial charge on any atom is -0.497 e. The highest BCUT2D eigenvalue weighted by atomic mass is 16.5. The van der Waals surface area contributed by atoms with Crippen LogP contribution in [0.1, 0.15) is 50.5 Å². The number of aliphatic carboxylic acids is 1. The van der Waals surface area contributed by atoms with Crippen molar-refractivity contribution in [1.82, 2.24) is 25.4 Å². The van der Waals surface area contributed by atoms with E-state index in [0.29, 0.717) is 28.1 Å². The van der Waals surface area contributed by atoms with Crippen LogP contribution in [0.15, 0.2) is 97.6 Å². The number of hydrogen-bond donors (Lipinski definition) is 3. The number of fused-ring (bicyclic) bond motifs is 1. The maximum Gasteiger partial charge on any atom is 0.330 e. The molecule has 12 nitrogen and oxygen atoms in total. The van der Waals surface area contributed by atoms with Crippen LogP contribution in [-0.4, -0.2) is 94.2 Å². The summed E-state index contributed by atoms with van der Waals surface area (Å²) < 4.78 is 12.2. The number of ether oxygens (including phenoxy) is 2. The Morgan fingerprint density at radius 1 is 1.02 bits per heavy atom. The van der Waals surface area contributed by atoms with E-state index in [1.54, 1.807) is 19.1 Å². The minimum atomic E-state index is -1.50. The molecular weight excluding hydrogens is 711 g/mol. The third kappa shape index (κ3) is 8.05. The molecule has 3 fully saturated rings. The smallest absolute Gasteiger partial charge is 0.330 e. The van der Waals surface area contributed by atoms with Crippen LogP contribution in [0.2, 0.25) is 0 Å². The van der Waals surface area contributed by atoms with Crippen LogP contribution < -0.4 is 20.1 Å². The molecule has 2 aliphatic carbocycles. The van der Waals surface area contributed by atoms with Gasteiger partial charge in [-0.3, -0.25) is 9.59 Å². The molecule has 2 saturated carbocycles.